The SMILES string of the molecule is CCOC(=O)/C=C(\CP(=O)(OCC)OCC)C(F)(F)C(F)(F)C(F)(F)F. The van der Waals surface area contributed by atoms with E-state index in [9.17, 15) is 40.1 Å². The Kier molecular flexibility index (Phi) is 8.78. The number of hydrogen-bond donors (Lipinski definition) is 0. The van der Waals surface area contributed by atoms with Gasteiger partial charge in [-0.2, -0.15) is 30.7 Å². The van der Waals surface area contributed by atoms with Gasteiger partial charge in [-0.05, 0) is 20.8 Å². The minimum Gasteiger partial charge on any atom is -0.463 e. The Labute approximate surface area is 145 Å². The molecule has 0 amide bonds. The summed E-state index contributed by atoms with van der Waals surface area (Å²) in [5, 5.41) is 0. The molecule has 0 heterocycles. The van der Waals surface area contributed by atoms with Crippen LogP contribution < -0.4 is 0 Å². The molecule has 0 fully saturated rings. The summed E-state index contributed by atoms with van der Waals surface area (Å²) in [6, 6.07) is 0. The van der Waals surface area contributed by atoms with E-state index in [0.717, 1.165) is 0 Å². The Morgan fingerprint density at radius 1 is 0.923 bits per heavy atom. The smallest absolute Gasteiger partial charge is 0.460 e. The monoisotopic (exact) mass is 418 g/mol. The number of esters is 1. The van der Waals surface area contributed by atoms with E-state index in [-0.39, 0.29) is 25.9 Å². The summed E-state index contributed by atoms with van der Waals surface area (Å²) in [5.74, 6) is -14.1. The molecule has 154 valence electrons. The third-order valence-corrected chi connectivity index (χ3v) is 4.78. The maximum absolute atomic E-state index is 14.0. The van der Waals surface area contributed by atoms with Crippen LogP contribution in [0.5, 0.6) is 0 Å². The molecule has 0 saturated heterocycles. The van der Waals surface area contributed by atoms with Crippen LogP contribution in [0.3, 0.4) is 0 Å². The molecule has 0 rings (SSSR count). The molecule has 0 bridgehead atoms. The number of alkyl halides is 7. The van der Waals surface area contributed by atoms with Crippen LogP contribution in [0.15, 0.2) is 11.6 Å². The lowest BCUT2D eigenvalue weighted by Gasteiger charge is -2.31. The molecule has 0 aromatic heterocycles. The van der Waals surface area contributed by atoms with Crippen LogP contribution in [-0.2, 0) is 23.1 Å². The Hall–Kier alpha value is -1.13. The Morgan fingerprint density at radius 2 is 1.38 bits per heavy atom. The second-order valence-corrected chi connectivity index (χ2v) is 6.73. The van der Waals surface area contributed by atoms with Gasteiger partial charge in [0.15, 0.2) is 0 Å². The van der Waals surface area contributed by atoms with Gasteiger partial charge in [0.2, 0.25) is 0 Å². The first kappa shape index (κ1) is 24.9. The van der Waals surface area contributed by atoms with Crippen molar-refractivity contribution in [3.8, 4) is 0 Å². The topological polar surface area (TPSA) is 61.8 Å². The number of halogens is 7. The Balaban J connectivity index is 6.19. The highest BCUT2D eigenvalue weighted by Gasteiger charge is 2.74. The lowest BCUT2D eigenvalue weighted by molar-refractivity contribution is -0.344. The third kappa shape index (κ3) is 5.95. The van der Waals surface area contributed by atoms with Gasteiger partial charge in [-0.1, -0.05) is 0 Å². The van der Waals surface area contributed by atoms with Gasteiger partial charge in [-0.15, -0.1) is 0 Å². The van der Waals surface area contributed by atoms with Crippen LogP contribution in [0.1, 0.15) is 20.8 Å². The van der Waals surface area contributed by atoms with Crippen LogP contribution in [0.25, 0.3) is 0 Å². The van der Waals surface area contributed by atoms with E-state index in [1.54, 1.807) is 0 Å². The van der Waals surface area contributed by atoms with E-state index in [4.69, 9.17) is 0 Å². The van der Waals surface area contributed by atoms with Gasteiger partial charge >= 0.3 is 31.6 Å². The number of allylic oxidation sites excluding steroid dienone is 1. The quantitative estimate of drug-likeness (QED) is 0.225. The molecule has 0 aliphatic heterocycles. The average Bonchev–Trinajstić information content (AvgIpc) is 2.45. The van der Waals surface area contributed by atoms with Gasteiger partial charge in [-0.3, -0.25) is 4.57 Å². The van der Waals surface area contributed by atoms with E-state index in [1.807, 2.05) is 0 Å². The second-order valence-electron chi connectivity index (χ2n) is 4.67. The van der Waals surface area contributed by atoms with Gasteiger partial charge in [0, 0.05) is 11.6 Å². The standard InChI is InChI=1S/C13H18F7O5P/c1-4-23-10(21)7-9(8-26(22,24-5-2)25-6-3)11(14,15)12(16,17)13(18,19)20/h7H,4-6,8H2,1-3H3/b9-7+. The number of carbonyl (C=O) groups excluding carboxylic acids is 1. The van der Waals surface area contributed by atoms with Gasteiger partial charge in [-0.25, -0.2) is 4.79 Å². The van der Waals surface area contributed by atoms with Crippen molar-refractivity contribution >= 4 is 13.6 Å². The van der Waals surface area contributed by atoms with Gasteiger partial charge < -0.3 is 13.8 Å². The number of rotatable bonds is 10. The van der Waals surface area contributed by atoms with Gasteiger partial charge in [0.25, 0.3) is 0 Å². The average molecular weight is 418 g/mol. The first-order chi connectivity index (χ1) is 11.7. The van der Waals surface area contributed by atoms with Crippen LogP contribution >= 0.6 is 7.60 Å². The summed E-state index contributed by atoms with van der Waals surface area (Å²) >= 11 is 0. The van der Waals surface area contributed by atoms with Gasteiger partial charge in [0.1, 0.15) is 0 Å². The fourth-order valence-corrected chi connectivity index (χ4v) is 3.42. The normalized spacial score (nSPS) is 14.5. The molecule has 0 N–H and O–H groups in total. The minimum absolute atomic E-state index is 0.256. The van der Waals surface area contributed by atoms with Crippen LogP contribution in [0, 0.1) is 0 Å². The maximum atomic E-state index is 14.0. The molecule has 0 aliphatic carbocycles. The molecule has 26 heavy (non-hydrogen) atoms. The predicted molar refractivity (Wildman–Crippen MR) is 76.4 cm³/mol. The van der Waals surface area contributed by atoms with Crippen molar-refractivity contribution in [2.24, 2.45) is 0 Å². The van der Waals surface area contributed by atoms with Crippen molar-refractivity contribution in [1.29, 1.82) is 0 Å². The van der Waals surface area contributed by atoms with Crippen LogP contribution in [0.4, 0.5) is 30.7 Å². The van der Waals surface area contributed by atoms with Crippen LogP contribution in [-0.4, -0.2) is 50.0 Å². The van der Waals surface area contributed by atoms with E-state index in [0.29, 0.717) is 0 Å². The van der Waals surface area contributed by atoms with Crippen molar-refractivity contribution < 1.29 is 53.9 Å². The fraction of sp³-hybridized carbons (Fsp3) is 0.769. The van der Waals surface area contributed by atoms with Crippen molar-refractivity contribution in [3.63, 3.8) is 0 Å². The lowest BCUT2D eigenvalue weighted by Crippen LogP contribution is -2.53. The Morgan fingerprint density at radius 3 is 1.73 bits per heavy atom. The van der Waals surface area contributed by atoms with E-state index >= 15 is 0 Å². The molecule has 13 heteroatoms. The van der Waals surface area contributed by atoms with Crippen molar-refractivity contribution in [1.82, 2.24) is 0 Å². The molecule has 0 unspecified atom stereocenters. The largest absolute Gasteiger partial charge is 0.463 e. The lowest BCUT2D eigenvalue weighted by atomic mass is 10.0. The fourth-order valence-electron chi connectivity index (χ4n) is 1.67. The molecule has 0 atom stereocenters. The summed E-state index contributed by atoms with van der Waals surface area (Å²) < 4.78 is 118. The maximum Gasteiger partial charge on any atom is 0.460 e. The third-order valence-electron chi connectivity index (χ3n) is 2.75. The summed E-state index contributed by atoms with van der Waals surface area (Å²) in [5.41, 5.74) is -2.08. The predicted octanol–water partition coefficient (Wildman–Crippen LogP) is 4.57. The molecule has 0 aromatic rings. The molecule has 0 spiro atoms. The number of carbonyl (C=O) groups is 1. The van der Waals surface area contributed by atoms with Crippen molar-refractivity contribution in [3.05, 3.63) is 11.6 Å². The van der Waals surface area contributed by atoms with E-state index in [1.165, 1.54) is 20.8 Å². The molecule has 5 nitrogen and oxygen atoms in total. The zero-order valence-electron chi connectivity index (χ0n) is 14.0. The molecule has 0 saturated carbocycles. The van der Waals surface area contributed by atoms with Crippen molar-refractivity contribution in [2.75, 3.05) is 26.0 Å². The summed E-state index contributed by atoms with van der Waals surface area (Å²) in [4.78, 5) is 11.3. The zero-order valence-corrected chi connectivity index (χ0v) is 14.9. The Bertz CT molecular complexity index is 550. The molecule has 0 aromatic carbocycles. The first-order valence-electron chi connectivity index (χ1n) is 7.26. The summed E-state index contributed by atoms with van der Waals surface area (Å²) in [6.07, 6.45) is -8.55. The molecule has 0 radical (unpaired) electrons. The van der Waals surface area contributed by atoms with Crippen LogP contribution in [0.2, 0.25) is 0 Å². The van der Waals surface area contributed by atoms with Gasteiger partial charge in [0.05, 0.1) is 26.0 Å². The first-order valence-corrected chi connectivity index (χ1v) is 8.99. The van der Waals surface area contributed by atoms with Crippen molar-refractivity contribution in [2.45, 2.75) is 38.8 Å². The highest BCUT2D eigenvalue weighted by atomic mass is 31.2. The highest BCUT2D eigenvalue weighted by Crippen LogP contribution is 2.56. The molecular formula is C13H18F7O5P. The minimum atomic E-state index is -6.63. The second kappa shape index (κ2) is 9.18. The highest BCUT2D eigenvalue weighted by molar-refractivity contribution is 7.54. The molecule has 0 aliphatic rings. The number of hydrogen-bond acceptors (Lipinski definition) is 5. The summed E-state index contributed by atoms with van der Waals surface area (Å²) in [6.45, 7) is 2.68. The number of ether oxygens (including phenoxy) is 1. The zero-order chi connectivity index (χ0) is 20.8. The summed E-state index contributed by atoms with van der Waals surface area (Å²) in [7, 11) is -4.53. The molecular weight excluding hydrogens is 400 g/mol. The van der Waals surface area contributed by atoms with E-state index < -0.39 is 43.3 Å². The van der Waals surface area contributed by atoms with E-state index in [2.05, 4.69) is 13.8 Å².